The fourth-order valence-electron chi connectivity index (χ4n) is 3.39. The molecule has 0 aromatic heterocycles. The van der Waals surface area contributed by atoms with E-state index in [0.29, 0.717) is 18.6 Å². The van der Waals surface area contributed by atoms with Gasteiger partial charge in [0, 0.05) is 37.8 Å². The molecule has 5 heteroatoms. The first-order valence-electron chi connectivity index (χ1n) is 8.07. The van der Waals surface area contributed by atoms with Crippen molar-refractivity contribution in [2.75, 3.05) is 25.5 Å². The number of rotatable bonds is 3. The van der Waals surface area contributed by atoms with Crippen LogP contribution >= 0.6 is 0 Å². The van der Waals surface area contributed by atoms with E-state index in [9.17, 15) is 4.79 Å². The normalized spacial score (nSPS) is 20.0. The van der Waals surface area contributed by atoms with Gasteiger partial charge in [-0.25, -0.2) is 4.79 Å². The fourth-order valence-corrected chi connectivity index (χ4v) is 3.39. The van der Waals surface area contributed by atoms with Crippen LogP contribution in [-0.4, -0.2) is 48.1 Å². The maximum atomic E-state index is 12.4. The number of hydrogen-bond acceptors (Lipinski definition) is 3. The molecule has 1 fully saturated rings. The summed E-state index contributed by atoms with van der Waals surface area (Å²) in [5.74, 6) is 0.776. The van der Waals surface area contributed by atoms with E-state index in [1.54, 1.807) is 7.11 Å². The molecule has 2 heterocycles. The molecule has 1 saturated heterocycles. The lowest BCUT2D eigenvalue weighted by atomic mass is 10.00. The van der Waals surface area contributed by atoms with Crippen LogP contribution in [0.25, 0.3) is 0 Å². The van der Waals surface area contributed by atoms with Gasteiger partial charge in [-0.05, 0) is 38.3 Å². The van der Waals surface area contributed by atoms with Crippen LogP contribution in [0.3, 0.4) is 0 Å². The van der Waals surface area contributed by atoms with Gasteiger partial charge in [0.2, 0.25) is 0 Å². The number of carbonyl (C=O) groups is 1. The van der Waals surface area contributed by atoms with E-state index in [1.165, 1.54) is 0 Å². The number of carbonyl (C=O) groups excluding carboxylic acids is 1. The molecule has 0 aliphatic carbocycles. The van der Waals surface area contributed by atoms with Gasteiger partial charge in [0.15, 0.2) is 0 Å². The standard InChI is InChI=1S/C17H25N3O2/c1-12(2)19-8-6-14(7-9-19)20-11-13-4-5-15(22-3)10-16(13)18-17(20)21/h4-5,10,12,14H,6-9,11H2,1-3H3,(H,18,21). The third-order valence-corrected chi connectivity index (χ3v) is 4.83. The number of methoxy groups -OCH3 is 1. The molecule has 2 amide bonds. The van der Waals surface area contributed by atoms with E-state index >= 15 is 0 Å². The summed E-state index contributed by atoms with van der Waals surface area (Å²) < 4.78 is 5.22. The smallest absolute Gasteiger partial charge is 0.322 e. The largest absolute Gasteiger partial charge is 0.497 e. The molecular weight excluding hydrogens is 278 g/mol. The van der Waals surface area contributed by atoms with E-state index in [0.717, 1.165) is 42.9 Å². The van der Waals surface area contributed by atoms with Crippen LogP contribution in [0.1, 0.15) is 32.3 Å². The summed E-state index contributed by atoms with van der Waals surface area (Å²) in [6.07, 6.45) is 2.11. The van der Waals surface area contributed by atoms with E-state index in [-0.39, 0.29) is 6.03 Å². The van der Waals surface area contributed by atoms with Gasteiger partial charge in [0.1, 0.15) is 5.75 Å². The molecule has 0 atom stereocenters. The van der Waals surface area contributed by atoms with Crippen molar-refractivity contribution < 1.29 is 9.53 Å². The van der Waals surface area contributed by atoms with Crippen LogP contribution in [0.15, 0.2) is 18.2 Å². The number of amides is 2. The number of anilines is 1. The number of likely N-dealkylation sites (tertiary alicyclic amines) is 1. The summed E-state index contributed by atoms with van der Waals surface area (Å²) >= 11 is 0. The highest BCUT2D eigenvalue weighted by Gasteiger charge is 2.32. The second kappa shape index (κ2) is 6.16. The fraction of sp³-hybridized carbons (Fsp3) is 0.588. The zero-order valence-electron chi connectivity index (χ0n) is 13.6. The Morgan fingerprint density at radius 3 is 2.64 bits per heavy atom. The number of nitrogens with zero attached hydrogens (tertiary/aromatic N) is 2. The molecule has 1 aromatic rings. The number of benzene rings is 1. The molecule has 0 saturated carbocycles. The Morgan fingerprint density at radius 2 is 2.00 bits per heavy atom. The lowest BCUT2D eigenvalue weighted by molar-refractivity contribution is 0.105. The molecule has 1 N–H and O–H groups in total. The van der Waals surface area contributed by atoms with Crippen molar-refractivity contribution in [3.8, 4) is 5.75 Å². The molecule has 1 aromatic carbocycles. The minimum atomic E-state index is 0.0174. The van der Waals surface area contributed by atoms with Crippen molar-refractivity contribution in [3.63, 3.8) is 0 Å². The summed E-state index contributed by atoms with van der Waals surface area (Å²) in [7, 11) is 1.64. The Balaban J connectivity index is 1.70. The first kappa shape index (κ1) is 15.2. The van der Waals surface area contributed by atoms with Crippen molar-refractivity contribution in [1.82, 2.24) is 9.80 Å². The summed E-state index contributed by atoms with van der Waals surface area (Å²) in [4.78, 5) is 16.9. The van der Waals surface area contributed by atoms with Gasteiger partial charge in [-0.3, -0.25) is 0 Å². The maximum absolute atomic E-state index is 12.4. The highest BCUT2D eigenvalue weighted by molar-refractivity contribution is 5.92. The highest BCUT2D eigenvalue weighted by Crippen LogP contribution is 2.30. The van der Waals surface area contributed by atoms with Crippen LogP contribution in [0.5, 0.6) is 5.75 Å². The van der Waals surface area contributed by atoms with E-state index in [2.05, 4.69) is 24.1 Å². The number of piperidine rings is 1. The topological polar surface area (TPSA) is 44.8 Å². The highest BCUT2D eigenvalue weighted by atomic mass is 16.5. The lowest BCUT2D eigenvalue weighted by Gasteiger charge is -2.41. The first-order chi connectivity index (χ1) is 10.6. The van der Waals surface area contributed by atoms with Crippen LogP contribution in [0.4, 0.5) is 10.5 Å². The van der Waals surface area contributed by atoms with Gasteiger partial charge in [-0.15, -0.1) is 0 Å². The molecule has 5 nitrogen and oxygen atoms in total. The molecule has 0 spiro atoms. The third kappa shape index (κ3) is 2.90. The van der Waals surface area contributed by atoms with Crippen LogP contribution in [0.2, 0.25) is 0 Å². The van der Waals surface area contributed by atoms with E-state index < -0.39 is 0 Å². The van der Waals surface area contributed by atoms with Gasteiger partial charge in [-0.1, -0.05) is 6.07 Å². The average molecular weight is 303 g/mol. The van der Waals surface area contributed by atoms with Crippen LogP contribution in [0, 0.1) is 0 Å². The zero-order chi connectivity index (χ0) is 15.7. The van der Waals surface area contributed by atoms with E-state index in [4.69, 9.17) is 4.74 Å². The Labute approximate surface area is 132 Å². The average Bonchev–Trinajstić information content (AvgIpc) is 2.53. The van der Waals surface area contributed by atoms with Gasteiger partial charge < -0.3 is 19.9 Å². The first-order valence-corrected chi connectivity index (χ1v) is 8.07. The molecule has 0 radical (unpaired) electrons. The number of fused-ring (bicyclic) bond motifs is 1. The number of nitrogens with one attached hydrogen (secondary N) is 1. The predicted molar refractivity (Wildman–Crippen MR) is 87.3 cm³/mol. The SMILES string of the molecule is COc1ccc2c(c1)NC(=O)N(C1CCN(C(C)C)CC1)C2. The number of urea groups is 1. The monoisotopic (exact) mass is 303 g/mol. The van der Waals surface area contributed by atoms with Gasteiger partial charge >= 0.3 is 6.03 Å². The number of ether oxygens (including phenoxy) is 1. The van der Waals surface area contributed by atoms with Crippen molar-refractivity contribution in [2.24, 2.45) is 0 Å². The summed E-state index contributed by atoms with van der Waals surface area (Å²) in [5, 5.41) is 3.01. The van der Waals surface area contributed by atoms with Crippen molar-refractivity contribution in [1.29, 1.82) is 0 Å². The Morgan fingerprint density at radius 1 is 1.27 bits per heavy atom. The summed E-state index contributed by atoms with van der Waals surface area (Å²) in [6, 6.07) is 6.84. The van der Waals surface area contributed by atoms with Crippen LogP contribution in [-0.2, 0) is 6.54 Å². The molecule has 2 aliphatic heterocycles. The number of hydrogen-bond donors (Lipinski definition) is 1. The molecule has 3 rings (SSSR count). The maximum Gasteiger partial charge on any atom is 0.322 e. The van der Waals surface area contributed by atoms with Crippen LogP contribution < -0.4 is 10.1 Å². The van der Waals surface area contributed by atoms with Gasteiger partial charge in [0.25, 0.3) is 0 Å². The summed E-state index contributed by atoms with van der Waals surface area (Å²) in [6.45, 7) is 7.30. The third-order valence-electron chi connectivity index (χ3n) is 4.83. The molecule has 2 aliphatic rings. The predicted octanol–water partition coefficient (Wildman–Crippen LogP) is 2.92. The second-order valence-electron chi connectivity index (χ2n) is 6.44. The van der Waals surface area contributed by atoms with Crippen molar-refractivity contribution in [2.45, 2.75) is 45.3 Å². The van der Waals surface area contributed by atoms with Crippen molar-refractivity contribution >= 4 is 11.7 Å². The molecule has 0 bridgehead atoms. The minimum absolute atomic E-state index is 0.0174. The summed E-state index contributed by atoms with van der Waals surface area (Å²) in [5.41, 5.74) is 2.03. The van der Waals surface area contributed by atoms with E-state index in [1.807, 2.05) is 23.1 Å². The van der Waals surface area contributed by atoms with Gasteiger partial charge in [0.05, 0.1) is 12.8 Å². The second-order valence-corrected chi connectivity index (χ2v) is 6.44. The van der Waals surface area contributed by atoms with Crippen molar-refractivity contribution in [3.05, 3.63) is 23.8 Å². The minimum Gasteiger partial charge on any atom is -0.497 e. The molecule has 22 heavy (non-hydrogen) atoms. The lowest BCUT2D eigenvalue weighted by Crippen LogP contribution is -2.51. The molecule has 0 unspecified atom stereocenters. The Bertz CT molecular complexity index is 551. The Kier molecular flexibility index (Phi) is 4.25. The van der Waals surface area contributed by atoms with Gasteiger partial charge in [-0.2, -0.15) is 0 Å². The molecule has 120 valence electrons. The quantitative estimate of drug-likeness (QED) is 0.934. The Hall–Kier alpha value is -1.75. The molecular formula is C17H25N3O2. The zero-order valence-corrected chi connectivity index (χ0v) is 13.6.